The zero-order valence-electron chi connectivity index (χ0n) is 13.5. The topological polar surface area (TPSA) is 49.4 Å². The molecule has 0 radical (unpaired) electrons. The predicted octanol–water partition coefficient (Wildman–Crippen LogP) is 4.08. The predicted molar refractivity (Wildman–Crippen MR) is 97.8 cm³/mol. The number of anilines is 1. The van der Waals surface area contributed by atoms with Crippen molar-refractivity contribution in [3.63, 3.8) is 0 Å². The summed E-state index contributed by atoms with van der Waals surface area (Å²) in [5.74, 6) is -0.909. The molecule has 0 aliphatic carbocycles. The summed E-state index contributed by atoms with van der Waals surface area (Å²) < 4.78 is 14.5. The van der Waals surface area contributed by atoms with E-state index in [1.54, 1.807) is 23.1 Å². The van der Waals surface area contributed by atoms with Crippen molar-refractivity contribution in [2.45, 2.75) is 12.8 Å². The van der Waals surface area contributed by atoms with E-state index in [4.69, 9.17) is 0 Å². The van der Waals surface area contributed by atoms with Crippen LogP contribution in [0.15, 0.2) is 53.0 Å². The Bertz CT molecular complexity index is 774. The van der Waals surface area contributed by atoms with Crippen LogP contribution in [0.4, 0.5) is 10.1 Å². The normalized spacial score (nSPS) is 15.0. The molecule has 0 atom stereocenters. The number of nitrogens with zero attached hydrogens (tertiary/aromatic N) is 1. The minimum absolute atomic E-state index is 0.0154. The summed E-state index contributed by atoms with van der Waals surface area (Å²) in [6, 6.07) is 13.6. The van der Waals surface area contributed by atoms with Crippen LogP contribution in [0.25, 0.3) is 0 Å². The molecule has 2 aromatic carbocycles. The van der Waals surface area contributed by atoms with Crippen molar-refractivity contribution in [3.8, 4) is 0 Å². The second-order valence-corrected chi connectivity index (χ2v) is 6.96. The molecule has 0 bridgehead atoms. The number of carbonyl (C=O) groups excluding carboxylic acids is 2. The van der Waals surface area contributed by atoms with Gasteiger partial charge in [-0.1, -0.05) is 34.1 Å². The molecule has 2 aromatic rings. The molecule has 3 rings (SSSR count). The third kappa shape index (κ3) is 4.25. The SMILES string of the molecule is O=C(Nc1ccc(Br)cc1F)C1CCN(C(=O)c2ccccc2)CC1. The Kier molecular flexibility index (Phi) is 5.48. The number of piperidine rings is 1. The third-order valence-corrected chi connectivity index (χ3v) is 4.86. The van der Waals surface area contributed by atoms with E-state index in [2.05, 4.69) is 21.2 Å². The van der Waals surface area contributed by atoms with Crippen LogP contribution in [-0.4, -0.2) is 29.8 Å². The minimum Gasteiger partial charge on any atom is -0.339 e. The van der Waals surface area contributed by atoms with Crippen molar-refractivity contribution in [1.29, 1.82) is 0 Å². The lowest BCUT2D eigenvalue weighted by Gasteiger charge is -2.31. The molecule has 25 heavy (non-hydrogen) atoms. The highest BCUT2D eigenvalue weighted by molar-refractivity contribution is 9.10. The Balaban J connectivity index is 1.56. The third-order valence-electron chi connectivity index (χ3n) is 4.36. The molecule has 0 spiro atoms. The van der Waals surface area contributed by atoms with E-state index in [0.29, 0.717) is 36.0 Å². The van der Waals surface area contributed by atoms with Crippen LogP contribution < -0.4 is 5.32 Å². The minimum atomic E-state index is -0.473. The van der Waals surface area contributed by atoms with Crippen LogP contribution in [-0.2, 0) is 4.79 Å². The second kappa shape index (κ2) is 7.78. The number of amides is 2. The van der Waals surface area contributed by atoms with Gasteiger partial charge in [0.15, 0.2) is 0 Å². The number of rotatable bonds is 3. The Hall–Kier alpha value is -2.21. The smallest absolute Gasteiger partial charge is 0.253 e. The van der Waals surface area contributed by atoms with Crippen molar-refractivity contribution < 1.29 is 14.0 Å². The van der Waals surface area contributed by atoms with Gasteiger partial charge in [-0.15, -0.1) is 0 Å². The van der Waals surface area contributed by atoms with Crippen molar-refractivity contribution in [3.05, 3.63) is 64.4 Å². The average Bonchev–Trinajstić information content (AvgIpc) is 2.64. The van der Waals surface area contributed by atoms with E-state index in [-0.39, 0.29) is 23.4 Å². The van der Waals surface area contributed by atoms with Crippen LogP contribution in [0.5, 0.6) is 0 Å². The van der Waals surface area contributed by atoms with Crippen LogP contribution in [0.2, 0.25) is 0 Å². The lowest BCUT2D eigenvalue weighted by atomic mass is 9.95. The van der Waals surface area contributed by atoms with Gasteiger partial charge >= 0.3 is 0 Å². The Morgan fingerprint density at radius 1 is 1.08 bits per heavy atom. The molecule has 1 N–H and O–H groups in total. The van der Waals surface area contributed by atoms with Gasteiger partial charge in [0.05, 0.1) is 5.69 Å². The highest BCUT2D eigenvalue weighted by Gasteiger charge is 2.28. The Morgan fingerprint density at radius 2 is 1.76 bits per heavy atom. The first-order valence-corrected chi connectivity index (χ1v) is 8.94. The van der Waals surface area contributed by atoms with Gasteiger partial charge in [-0.25, -0.2) is 4.39 Å². The molecule has 130 valence electrons. The molecular formula is C19H18BrFN2O2. The molecule has 1 fully saturated rings. The van der Waals surface area contributed by atoms with Gasteiger partial charge in [0.2, 0.25) is 5.91 Å². The van der Waals surface area contributed by atoms with E-state index >= 15 is 0 Å². The molecular weight excluding hydrogens is 387 g/mol. The van der Waals surface area contributed by atoms with Gasteiger partial charge in [0.25, 0.3) is 5.91 Å². The summed E-state index contributed by atoms with van der Waals surface area (Å²) in [6.07, 6.45) is 1.14. The van der Waals surface area contributed by atoms with E-state index in [1.165, 1.54) is 12.1 Å². The molecule has 6 heteroatoms. The summed E-state index contributed by atoms with van der Waals surface area (Å²) in [5, 5.41) is 2.64. The Morgan fingerprint density at radius 3 is 2.40 bits per heavy atom. The number of carbonyl (C=O) groups is 2. The summed E-state index contributed by atoms with van der Waals surface area (Å²) in [5.41, 5.74) is 0.832. The molecule has 0 aromatic heterocycles. The van der Waals surface area contributed by atoms with Crippen molar-refractivity contribution in [2.24, 2.45) is 5.92 Å². The first-order chi connectivity index (χ1) is 12.0. The number of benzene rings is 2. The number of hydrogen-bond donors (Lipinski definition) is 1. The van der Waals surface area contributed by atoms with E-state index in [1.807, 2.05) is 18.2 Å². The number of likely N-dealkylation sites (tertiary alicyclic amines) is 1. The number of halogens is 2. The van der Waals surface area contributed by atoms with Gasteiger partial charge in [-0.2, -0.15) is 0 Å². The van der Waals surface area contributed by atoms with Gasteiger partial charge in [-0.05, 0) is 43.2 Å². The van der Waals surface area contributed by atoms with Crippen LogP contribution >= 0.6 is 15.9 Å². The zero-order valence-corrected chi connectivity index (χ0v) is 15.1. The van der Waals surface area contributed by atoms with Gasteiger partial charge in [-0.3, -0.25) is 9.59 Å². The van der Waals surface area contributed by atoms with Crippen LogP contribution in [0.3, 0.4) is 0 Å². The van der Waals surface area contributed by atoms with Crippen molar-refractivity contribution in [2.75, 3.05) is 18.4 Å². The van der Waals surface area contributed by atoms with Crippen LogP contribution in [0, 0.1) is 11.7 Å². The molecule has 1 saturated heterocycles. The first-order valence-electron chi connectivity index (χ1n) is 8.15. The van der Waals surface area contributed by atoms with E-state index in [9.17, 15) is 14.0 Å². The lowest BCUT2D eigenvalue weighted by Crippen LogP contribution is -2.41. The van der Waals surface area contributed by atoms with Gasteiger partial charge in [0, 0.05) is 29.0 Å². The van der Waals surface area contributed by atoms with Crippen molar-refractivity contribution in [1.82, 2.24) is 4.90 Å². The largest absolute Gasteiger partial charge is 0.339 e. The zero-order chi connectivity index (χ0) is 17.8. The quantitative estimate of drug-likeness (QED) is 0.837. The number of hydrogen-bond acceptors (Lipinski definition) is 2. The summed E-state index contributed by atoms with van der Waals surface area (Å²) in [7, 11) is 0. The Labute approximate surface area is 154 Å². The molecule has 4 nitrogen and oxygen atoms in total. The van der Waals surface area contributed by atoms with E-state index < -0.39 is 5.82 Å². The maximum Gasteiger partial charge on any atom is 0.253 e. The average molecular weight is 405 g/mol. The molecule has 0 unspecified atom stereocenters. The highest BCUT2D eigenvalue weighted by atomic mass is 79.9. The molecule has 1 heterocycles. The fourth-order valence-corrected chi connectivity index (χ4v) is 3.27. The molecule has 1 aliphatic heterocycles. The molecule has 2 amide bonds. The van der Waals surface area contributed by atoms with E-state index in [0.717, 1.165) is 0 Å². The standard InChI is InChI=1S/C19H18BrFN2O2/c20-15-6-7-17(16(21)12-15)22-18(24)13-8-10-23(11-9-13)19(25)14-4-2-1-3-5-14/h1-7,12-13H,8-11H2,(H,22,24). The first kappa shape index (κ1) is 17.6. The lowest BCUT2D eigenvalue weighted by molar-refractivity contribution is -0.121. The summed E-state index contributed by atoms with van der Waals surface area (Å²) in [4.78, 5) is 26.5. The number of nitrogens with one attached hydrogen (secondary N) is 1. The monoisotopic (exact) mass is 404 g/mol. The van der Waals surface area contributed by atoms with Crippen molar-refractivity contribution >= 4 is 33.4 Å². The maximum absolute atomic E-state index is 13.8. The fourth-order valence-electron chi connectivity index (χ4n) is 2.93. The summed E-state index contributed by atoms with van der Waals surface area (Å²) in [6.45, 7) is 1.04. The van der Waals surface area contributed by atoms with Gasteiger partial charge < -0.3 is 10.2 Å². The molecule has 1 aliphatic rings. The highest BCUT2D eigenvalue weighted by Crippen LogP contribution is 2.23. The maximum atomic E-state index is 13.8. The molecule has 0 saturated carbocycles. The second-order valence-electron chi connectivity index (χ2n) is 6.05. The van der Waals surface area contributed by atoms with Gasteiger partial charge in [0.1, 0.15) is 5.82 Å². The summed E-state index contributed by atoms with van der Waals surface area (Å²) >= 11 is 3.19. The van der Waals surface area contributed by atoms with Crippen LogP contribution in [0.1, 0.15) is 23.2 Å². The fraction of sp³-hybridized carbons (Fsp3) is 0.263.